The van der Waals surface area contributed by atoms with Crippen LogP contribution in [0.3, 0.4) is 0 Å². The van der Waals surface area contributed by atoms with Gasteiger partial charge in [0.15, 0.2) is 0 Å². The molecule has 0 spiro atoms. The minimum atomic E-state index is -0.825. The highest BCUT2D eigenvalue weighted by Gasteiger charge is 2.09. The second-order valence-corrected chi connectivity index (χ2v) is 4.99. The van der Waals surface area contributed by atoms with Gasteiger partial charge >= 0.3 is 5.97 Å². The molecule has 5 heteroatoms. The Kier molecular flexibility index (Phi) is 3.90. The first-order valence-corrected chi connectivity index (χ1v) is 5.46. The largest absolute Gasteiger partial charge is 0.480 e. The number of rotatable bonds is 4. The summed E-state index contributed by atoms with van der Waals surface area (Å²) in [6.45, 7) is 2.22. The Labute approximate surface area is 88.9 Å². The highest BCUT2D eigenvalue weighted by molar-refractivity contribution is 9.11. The van der Waals surface area contributed by atoms with Gasteiger partial charge in [0.1, 0.15) is 6.04 Å². The summed E-state index contributed by atoms with van der Waals surface area (Å²) in [4.78, 5) is 10.5. The Bertz CT molecular complexity index is 300. The average molecular weight is 264 g/mol. The van der Waals surface area contributed by atoms with E-state index < -0.39 is 12.0 Å². The van der Waals surface area contributed by atoms with Gasteiger partial charge in [-0.2, -0.15) is 0 Å². The molecule has 0 amide bonds. The number of halogens is 1. The zero-order valence-electron chi connectivity index (χ0n) is 7.08. The first-order chi connectivity index (χ1) is 6.09. The van der Waals surface area contributed by atoms with Gasteiger partial charge in [0.25, 0.3) is 0 Å². The summed E-state index contributed by atoms with van der Waals surface area (Å²) in [7, 11) is 0. The van der Waals surface area contributed by atoms with Crippen molar-refractivity contribution in [1.29, 1.82) is 0 Å². The Morgan fingerprint density at radius 2 is 2.54 bits per heavy atom. The van der Waals surface area contributed by atoms with Crippen LogP contribution < -0.4 is 5.32 Å². The number of carboxylic acids is 1. The maximum Gasteiger partial charge on any atom is 0.320 e. The van der Waals surface area contributed by atoms with Crippen molar-refractivity contribution < 1.29 is 9.90 Å². The predicted octanol–water partition coefficient (Wildman–Crippen LogP) is 2.07. The third-order valence-electron chi connectivity index (χ3n) is 1.60. The SMILES string of the molecule is C[C@@H](NCc1csc(Br)c1)C(=O)O. The van der Waals surface area contributed by atoms with Crippen LogP contribution in [0.5, 0.6) is 0 Å². The van der Waals surface area contributed by atoms with E-state index in [-0.39, 0.29) is 0 Å². The van der Waals surface area contributed by atoms with Crippen LogP contribution in [-0.4, -0.2) is 17.1 Å². The first-order valence-electron chi connectivity index (χ1n) is 3.78. The fourth-order valence-corrected chi connectivity index (χ4v) is 2.01. The minimum Gasteiger partial charge on any atom is -0.480 e. The molecule has 1 aromatic heterocycles. The van der Waals surface area contributed by atoms with Gasteiger partial charge in [-0.25, -0.2) is 0 Å². The van der Waals surface area contributed by atoms with Crippen molar-refractivity contribution >= 4 is 33.2 Å². The summed E-state index contributed by atoms with van der Waals surface area (Å²) < 4.78 is 1.06. The molecule has 0 aliphatic heterocycles. The van der Waals surface area contributed by atoms with E-state index in [2.05, 4.69) is 21.2 Å². The molecule has 72 valence electrons. The van der Waals surface area contributed by atoms with Crippen molar-refractivity contribution in [2.45, 2.75) is 19.5 Å². The van der Waals surface area contributed by atoms with Crippen LogP contribution in [0.15, 0.2) is 15.2 Å². The zero-order chi connectivity index (χ0) is 9.84. The molecule has 1 aromatic rings. The van der Waals surface area contributed by atoms with Crippen molar-refractivity contribution in [2.75, 3.05) is 0 Å². The average Bonchev–Trinajstić information content (AvgIpc) is 2.47. The maximum atomic E-state index is 10.5. The monoisotopic (exact) mass is 263 g/mol. The van der Waals surface area contributed by atoms with Crippen molar-refractivity contribution in [1.82, 2.24) is 5.32 Å². The molecule has 0 saturated heterocycles. The van der Waals surface area contributed by atoms with E-state index in [1.54, 1.807) is 18.3 Å². The second-order valence-electron chi connectivity index (χ2n) is 2.70. The molecule has 0 saturated carbocycles. The van der Waals surface area contributed by atoms with Gasteiger partial charge in [-0.15, -0.1) is 11.3 Å². The van der Waals surface area contributed by atoms with Crippen LogP contribution in [-0.2, 0) is 11.3 Å². The molecular weight excluding hydrogens is 254 g/mol. The van der Waals surface area contributed by atoms with Crippen molar-refractivity contribution in [3.8, 4) is 0 Å². The first kappa shape index (κ1) is 10.7. The topological polar surface area (TPSA) is 49.3 Å². The fraction of sp³-hybridized carbons (Fsp3) is 0.375. The molecule has 0 fully saturated rings. The minimum absolute atomic E-state index is 0.501. The zero-order valence-corrected chi connectivity index (χ0v) is 9.48. The standard InChI is InChI=1S/C8H10BrNO2S/c1-5(8(11)12)10-3-6-2-7(9)13-4-6/h2,4-5,10H,3H2,1H3,(H,11,12)/t5-/m1/s1. The molecule has 0 aliphatic carbocycles. The number of carboxylic acid groups (broad SMARTS) is 1. The number of carbonyl (C=O) groups is 1. The lowest BCUT2D eigenvalue weighted by molar-refractivity contribution is -0.139. The molecule has 2 N–H and O–H groups in total. The molecule has 13 heavy (non-hydrogen) atoms. The van der Waals surface area contributed by atoms with Crippen molar-refractivity contribution in [3.05, 3.63) is 20.8 Å². The second kappa shape index (κ2) is 4.74. The summed E-state index contributed by atoms with van der Waals surface area (Å²) >= 11 is 4.94. The van der Waals surface area contributed by atoms with E-state index >= 15 is 0 Å². The van der Waals surface area contributed by atoms with Gasteiger partial charge in [0.2, 0.25) is 0 Å². The van der Waals surface area contributed by atoms with Gasteiger partial charge in [0.05, 0.1) is 3.79 Å². The normalized spacial score (nSPS) is 12.8. The van der Waals surface area contributed by atoms with Crippen molar-refractivity contribution in [3.63, 3.8) is 0 Å². The Balaban J connectivity index is 2.39. The predicted molar refractivity (Wildman–Crippen MR) is 56.0 cm³/mol. The van der Waals surface area contributed by atoms with E-state index in [0.29, 0.717) is 6.54 Å². The van der Waals surface area contributed by atoms with Gasteiger partial charge in [-0.3, -0.25) is 4.79 Å². The van der Waals surface area contributed by atoms with Crippen LogP contribution >= 0.6 is 27.3 Å². The molecule has 3 nitrogen and oxygen atoms in total. The number of hydrogen-bond donors (Lipinski definition) is 2. The molecule has 0 bridgehead atoms. The maximum absolute atomic E-state index is 10.5. The van der Waals surface area contributed by atoms with Crippen LogP contribution in [0, 0.1) is 0 Å². The lowest BCUT2D eigenvalue weighted by Crippen LogP contribution is -2.32. The number of thiophene rings is 1. The van der Waals surface area contributed by atoms with Crippen LogP contribution in [0.2, 0.25) is 0 Å². The molecule has 1 rings (SSSR count). The van der Waals surface area contributed by atoms with Crippen LogP contribution in [0.4, 0.5) is 0 Å². The molecule has 1 atom stereocenters. The van der Waals surface area contributed by atoms with E-state index in [0.717, 1.165) is 9.35 Å². The summed E-state index contributed by atoms with van der Waals surface area (Å²) in [5.74, 6) is -0.825. The summed E-state index contributed by atoms with van der Waals surface area (Å²) in [5.41, 5.74) is 1.10. The smallest absolute Gasteiger partial charge is 0.320 e. The van der Waals surface area contributed by atoms with Gasteiger partial charge in [-0.05, 0) is 39.9 Å². The Morgan fingerprint density at radius 1 is 1.85 bits per heavy atom. The number of hydrogen-bond acceptors (Lipinski definition) is 3. The van der Waals surface area contributed by atoms with Gasteiger partial charge in [0, 0.05) is 6.54 Å². The molecule has 0 aliphatic rings. The fourth-order valence-electron chi connectivity index (χ4n) is 0.797. The summed E-state index contributed by atoms with van der Waals surface area (Å²) in [6.07, 6.45) is 0. The van der Waals surface area contributed by atoms with E-state index in [1.807, 2.05) is 11.4 Å². The molecule has 0 radical (unpaired) electrons. The van der Waals surface area contributed by atoms with Crippen LogP contribution in [0.1, 0.15) is 12.5 Å². The molecule has 0 unspecified atom stereocenters. The molecule has 0 aromatic carbocycles. The Hall–Kier alpha value is -0.390. The highest BCUT2D eigenvalue weighted by atomic mass is 79.9. The third-order valence-corrected chi connectivity index (χ3v) is 3.16. The number of aliphatic carboxylic acids is 1. The van der Waals surface area contributed by atoms with E-state index in [1.165, 1.54) is 0 Å². The third kappa shape index (κ3) is 3.46. The van der Waals surface area contributed by atoms with Crippen molar-refractivity contribution in [2.24, 2.45) is 0 Å². The lowest BCUT2D eigenvalue weighted by Gasteiger charge is -2.06. The molecular formula is C8H10BrNO2S. The lowest BCUT2D eigenvalue weighted by atomic mass is 10.3. The number of nitrogens with one attached hydrogen (secondary N) is 1. The quantitative estimate of drug-likeness (QED) is 0.875. The Morgan fingerprint density at radius 3 is 3.00 bits per heavy atom. The highest BCUT2D eigenvalue weighted by Crippen LogP contribution is 2.20. The summed E-state index contributed by atoms with van der Waals surface area (Å²) in [5, 5.41) is 13.5. The van der Waals surface area contributed by atoms with Crippen LogP contribution in [0.25, 0.3) is 0 Å². The summed E-state index contributed by atoms with van der Waals surface area (Å²) in [6, 6.07) is 1.48. The van der Waals surface area contributed by atoms with E-state index in [9.17, 15) is 4.79 Å². The van der Waals surface area contributed by atoms with E-state index in [4.69, 9.17) is 5.11 Å². The van der Waals surface area contributed by atoms with Gasteiger partial charge in [-0.1, -0.05) is 0 Å². The van der Waals surface area contributed by atoms with Gasteiger partial charge < -0.3 is 10.4 Å². The molecule has 1 heterocycles.